The van der Waals surface area contributed by atoms with Crippen molar-refractivity contribution in [3.63, 3.8) is 0 Å². The third-order valence-corrected chi connectivity index (χ3v) is 2.69. The molecule has 0 saturated heterocycles. The lowest BCUT2D eigenvalue weighted by atomic mass is 10.1. The third kappa shape index (κ3) is 3.68. The van der Waals surface area contributed by atoms with Crippen molar-refractivity contribution < 1.29 is 14.1 Å². The van der Waals surface area contributed by atoms with E-state index in [2.05, 4.69) is 15.8 Å². The minimum absolute atomic E-state index is 0.0122. The van der Waals surface area contributed by atoms with Crippen LogP contribution in [0.4, 0.5) is 5.69 Å². The average molecular weight is 287 g/mol. The van der Waals surface area contributed by atoms with Gasteiger partial charge in [-0.2, -0.15) is 0 Å². The largest absolute Gasteiger partial charge is 0.351 e. The molecule has 6 heteroatoms. The van der Waals surface area contributed by atoms with Crippen LogP contribution in [0.15, 0.2) is 34.9 Å². The van der Waals surface area contributed by atoms with Crippen molar-refractivity contribution in [2.75, 3.05) is 5.32 Å². The maximum Gasteiger partial charge on any atom is 0.294 e. The number of rotatable bonds is 4. The summed E-state index contributed by atoms with van der Waals surface area (Å²) in [7, 11) is 0. The van der Waals surface area contributed by atoms with Crippen LogP contribution in [-0.2, 0) is 0 Å². The number of aryl methyl sites for hydroxylation is 1. The molecule has 0 saturated carbocycles. The highest BCUT2D eigenvalue weighted by Gasteiger charge is 2.16. The summed E-state index contributed by atoms with van der Waals surface area (Å²) in [6.45, 7) is 5.47. The maximum atomic E-state index is 12.1. The molecular weight excluding hydrogens is 270 g/mol. The van der Waals surface area contributed by atoms with Crippen LogP contribution in [-0.4, -0.2) is 23.0 Å². The lowest BCUT2D eigenvalue weighted by Gasteiger charge is -2.12. The van der Waals surface area contributed by atoms with E-state index in [0.717, 1.165) is 0 Å². The van der Waals surface area contributed by atoms with Gasteiger partial charge in [0.2, 0.25) is 5.76 Å². The normalized spacial score (nSPS) is 10.5. The summed E-state index contributed by atoms with van der Waals surface area (Å²) in [6.07, 6.45) is 0. The topological polar surface area (TPSA) is 84.2 Å². The molecule has 2 aromatic rings. The van der Waals surface area contributed by atoms with Crippen LogP contribution in [0.5, 0.6) is 0 Å². The van der Waals surface area contributed by atoms with Crippen LogP contribution >= 0.6 is 0 Å². The number of benzene rings is 1. The van der Waals surface area contributed by atoms with Gasteiger partial charge in [0.15, 0.2) is 0 Å². The zero-order valence-corrected chi connectivity index (χ0v) is 12.1. The van der Waals surface area contributed by atoms with Crippen LogP contribution in [0.3, 0.4) is 0 Å². The first-order chi connectivity index (χ1) is 9.97. The zero-order chi connectivity index (χ0) is 15.4. The maximum absolute atomic E-state index is 12.1. The fourth-order valence-corrected chi connectivity index (χ4v) is 1.78. The quantitative estimate of drug-likeness (QED) is 0.904. The van der Waals surface area contributed by atoms with E-state index in [1.165, 1.54) is 6.07 Å². The molecule has 2 rings (SSSR count). The molecule has 0 spiro atoms. The van der Waals surface area contributed by atoms with Crippen molar-refractivity contribution in [3.05, 3.63) is 47.3 Å². The molecule has 2 amide bonds. The Morgan fingerprint density at radius 1 is 1.19 bits per heavy atom. The highest BCUT2D eigenvalue weighted by atomic mass is 16.5. The molecule has 110 valence electrons. The zero-order valence-electron chi connectivity index (χ0n) is 12.1. The molecule has 21 heavy (non-hydrogen) atoms. The van der Waals surface area contributed by atoms with E-state index in [0.29, 0.717) is 16.9 Å². The summed E-state index contributed by atoms with van der Waals surface area (Å²) >= 11 is 0. The number of carbonyl (C=O) groups is 2. The van der Waals surface area contributed by atoms with Crippen molar-refractivity contribution >= 4 is 17.5 Å². The van der Waals surface area contributed by atoms with Crippen LogP contribution in [0.1, 0.15) is 40.5 Å². The van der Waals surface area contributed by atoms with E-state index in [1.54, 1.807) is 31.2 Å². The number of anilines is 1. The molecule has 2 N–H and O–H groups in total. The fourth-order valence-electron chi connectivity index (χ4n) is 1.78. The van der Waals surface area contributed by atoms with Gasteiger partial charge in [-0.3, -0.25) is 9.59 Å². The molecule has 6 nitrogen and oxygen atoms in total. The molecule has 1 aromatic carbocycles. The number of para-hydroxylation sites is 1. The van der Waals surface area contributed by atoms with Crippen LogP contribution in [0.25, 0.3) is 0 Å². The second-order valence-corrected chi connectivity index (χ2v) is 4.96. The molecule has 0 unspecified atom stereocenters. The number of hydrogen-bond donors (Lipinski definition) is 2. The Kier molecular flexibility index (Phi) is 4.37. The Bertz CT molecular complexity index is 662. The van der Waals surface area contributed by atoms with Gasteiger partial charge in [-0.1, -0.05) is 17.3 Å². The predicted octanol–water partition coefficient (Wildman–Crippen LogP) is 2.37. The summed E-state index contributed by atoms with van der Waals surface area (Å²) in [5.74, 6) is -0.582. The van der Waals surface area contributed by atoms with Crippen molar-refractivity contribution in [1.29, 1.82) is 0 Å². The number of carbonyl (C=O) groups excluding carboxylic acids is 2. The Hall–Kier alpha value is -2.63. The van der Waals surface area contributed by atoms with Gasteiger partial charge in [0.1, 0.15) is 0 Å². The summed E-state index contributed by atoms with van der Waals surface area (Å²) in [4.78, 5) is 24.1. The van der Waals surface area contributed by atoms with Gasteiger partial charge in [-0.05, 0) is 32.9 Å². The van der Waals surface area contributed by atoms with E-state index in [-0.39, 0.29) is 17.7 Å². The summed E-state index contributed by atoms with van der Waals surface area (Å²) < 4.78 is 4.90. The Morgan fingerprint density at radius 3 is 2.52 bits per heavy atom. The SMILES string of the molecule is Cc1cc(C(=O)Nc2ccccc2C(=O)NC(C)C)on1. The molecular formula is C15H17N3O3. The Morgan fingerprint density at radius 2 is 1.90 bits per heavy atom. The number of aromatic nitrogens is 1. The van der Waals surface area contributed by atoms with Gasteiger partial charge in [0.05, 0.1) is 16.9 Å². The minimum Gasteiger partial charge on any atom is -0.351 e. The molecule has 1 aromatic heterocycles. The first-order valence-electron chi connectivity index (χ1n) is 6.62. The minimum atomic E-state index is -0.444. The Balaban J connectivity index is 2.20. The fraction of sp³-hybridized carbons (Fsp3) is 0.267. The molecule has 0 radical (unpaired) electrons. The summed E-state index contributed by atoms with van der Waals surface area (Å²) in [6, 6.07) is 8.34. The first kappa shape index (κ1) is 14.8. The van der Waals surface area contributed by atoms with Gasteiger partial charge in [0, 0.05) is 12.1 Å². The molecule has 0 bridgehead atoms. The van der Waals surface area contributed by atoms with Crippen molar-refractivity contribution in [3.8, 4) is 0 Å². The second-order valence-electron chi connectivity index (χ2n) is 4.96. The van der Waals surface area contributed by atoms with Crippen molar-refractivity contribution in [2.24, 2.45) is 0 Å². The highest BCUT2D eigenvalue weighted by molar-refractivity contribution is 6.07. The molecule has 0 aliphatic carbocycles. The van der Waals surface area contributed by atoms with Crippen molar-refractivity contribution in [1.82, 2.24) is 10.5 Å². The number of nitrogens with one attached hydrogen (secondary N) is 2. The highest BCUT2D eigenvalue weighted by Crippen LogP contribution is 2.16. The molecule has 1 heterocycles. The number of amides is 2. The summed E-state index contributed by atoms with van der Waals surface area (Å²) in [5.41, 5.74) is 1.44. The lowest BCUT2D eigenvalue weighted by molar-refractivity contribution is 0.0944. The number of nitrogens with zero attached hydrogens (tertiary/aromatic N) is 1. The van der Waals surface area contributed by atoms with Gasteiger partial charge < -0.3 is 15.2 Å². The molecule has 0 aliphatic rings. The third-order valence-electron chi connectivity index (χ3n) is 2.69. The van der Waals surface area contributed by atoms with Crippen LogP contribution in [0, 0.1) is 6.92 Å². The number of hydrogen-bond acceptors (Lipinski definition) is 4. The average Bonchev–Trinajstić information content (AvgIpc) is 2.85. The summed E-state index contributed by atoms with van der Waals surface area (Å²) in [5, 5.41) is 9.11. The predicted molar refractivity (Wildman–Crippen MR) is 78.2 cm³/mol. The van der Waals surface area contributed by atoms with E-state index in [4.69, 9.17) is 4.52 Å². The standard InChI is InChI=1S/C15H17N3O3/c1-9(2)16-14(19)11-6-4-5-7-12(11)17-15(20)13-8-10(3)18-21-13/h4-9H,1-3H3,(H,16,19)(H,17,20). The van der Waals surface area contributed by atoms with Crippen molar-refractivity contribution in [2.45, 2.75) is 26.8 Å². The van der Waals surface area contributed by atoms with Gasteiger partial charge in [0.25, 0.3) is 11.8 Å². The van der Waals surface area contributed by atoms with E-state index in [9.17, 15) is 9.59 Å². The molecule has 0 atom stereocenters. The van der Waals surface area contributed by atoms with E-state index in [1.807, 2.05) is 13.8 Å². The Labute approximate surface area is 122 Å². The lowest BCUT2D eigenvalue weighted by Crippen LogP contribution is -2.31. The van der Waals surface area contributed by atoms with E-state index >= 15 is 0 Å². The second kappa shape index (κ2) is 6.21. The van der Waals surface area contributed by atoms with Gasteiger partial charge in [-0.25, -0.2) is 0 Å². The van der Waals surface area contributed by atoms with E-state index < -0.39 is 5.91 Å². The smallest absolute Gasteiger partial charge is 0.294 e. The van der Waals surface area contributed by atoms with Crippen LogP contribution < -0.4 is 10.6 Å². The van der Waals surface area contributed by atoms with Gasteiger partial charge >= 0.3 is 0 Å². The first-order valence-corrected chi connectivity index (χ1v) is 6.62. The molecule has 0 aliphatic heterocycles. The van der Waals surface area contributed by atoms with Gasteiger partial charge in [-0.15, -0.1) is 0 Å². The molecule has 0 fully saturated rings. The van der Waals surface area contributed by atoms with Crippen LogP contribution in [0.2, 0.25) is 0 Å². The monoisotopic (exact) mass is 287 g/mol.